The van der Waals surface area contributed by atoms with Crippen molar-refractivity contribution in [3.63, 3.8) is 0 Å². The van der Waals surface area contributed by atoms with Gasteiger partial charge >= 0.3 is 12.0 Å². The van der Waals surface area contributed by atoms with E-state index >= 15 is 0 Å². The number of carbonyl (C=O) groups excluding carboxylic acids is 1. The van der Waals surface area contributed by atoms with E-state index in [1.165, 1.54) is 6.42 Å². The van der Waals surface area contributed by atoms with Crippen LogP contribution in [0.25, 0.3) is 0 Å². The van der Waals surface area contributed by atoms with E-state index in [9.17, 15) is 9.59 Å². The zero-order chi connectivity index (χ0) is 14.3. The number of carboxylic acids is 1. The van der Waals surface area contributed by atoms with E-state index in [2.05, 4.69) is 12.2 Å². The van der Waals surface area contributed by atoms with E-state index in [1.807, 2.05) is 6.92 Å². The van der Waals surface area contributed by atoms with Gasteiger partial charge in [-0.25, -0.2) is 9.59 Å². The third kappa shape index (κ3) is 5.09. The molecule has 19 heavy (non-hydrogen) atoms. The molecule has 1 fully saturated rings. The van der Waals surface area contributed by atoms with Gasteiger partial charge in [-0.1, -0.05) is 33.1 Å². The number of nitrogens with one attached hydrogen (secondary N) is 1. The molecule has 0 aromatic rings. The van der Waals surface area contributed by atoms with Gasteiger partial charge < -0.3 is 15.3 Å². The smallest absolute Gasteiger partial charge is 0.326 e. The number of hydrogen-bond donors (Lipinski definition) is 2. The van der Waals surface area contributed by atoms with Crippen molar-refractivity contribution in [2.45, 2.75) is 58.4 Å². The number of likely N-dealkylation sites (tertiary alicyclic amines) is 1. The van der Waals surface area contributed by atoms with Gasteiger partial charge in [0, 0.05) is 13.1 Å². The van der Waals surface area contributed by atoms with Gasteiger partial charge in [-0.2, -0.15) is 0 Å². The van der Waals surface area contributed by atoms with E-state index in [4.69, 9.17) is 5.11 Å². The fourth-order valence-electron chi connectivity index (χ4n) is 2.49. The molecule has 1 rings (SSSR count). The predicted octanol–water partition coefficient (Wildman–Crippen LogP) is 2.46. The number of unbranched alkanes of at least 4 members (excludes halogenated alkanes) is 1. The second kappa shape index (κ2) is 8.02. The van der Waals surface area contributed by atoms with Gasteiger partial charge in [0.15, 0.2) is 0 Å². The fourth-order valence-corrected chi connectivity index (χ4v) is 2.49. The molecule has 0 aliphatic carbocycles. The number of amides is 2. The summed E-state index contributed by atoms with van der Waals surface area (Å²) in [5.41, 5.74) is 0. The summed E-state index contributed by atoms with van der Waals surface area (Å²) >= 11 is 0. The average molecular weight is 270 g/mol. The quantitative estimate of drug-likeness (QED) is 0.779. The Kier molecular flexibility index (Phi) is 6.67. The van der Waals surface area contributed by atoms with E-state index in [0.717, 1.165) is 38.8 Å². The topological polar surface area (TPSA) is 69.6 Å². The molecule has 1 saturated heterocycles. The Labute approximate surface area is 115 Å². The first-order valence-corrected chi connectivity index (χ1v) is 7.36. The van der Waals surface area contributed by atoms with Gasteiger partial charge in [-0.05, 0) is 25.2 Å². The van der Waals surface area contributed by atoms with Gasteiger partial charge in [-0.3, -0.25) is 0 Å². The monoisotopic (exact) mass is 270 g/mol. The number of hydrogen-bond acceptors (Lipinski definition) is 2. The van der Waals surface area contributed by atoms with Crippen LogP contribution in [0.4, 0.5) is 4.79 Å². The van der Waals surface area contributed by atoms with Gasteiger partial charge in [-0.15, -0.1) is 0 Å². The van der Waals surface area contributed by atoms with Crippen molar-refractivity contribution >= 4 is 12.0 Å². The second-order valence-corrected chi connectivity index (χ2v) is 5.35. The molecular weight excluding hydrogens is 244 g/mol. The number of piperidine rings is 1. The molecule has 0 aromatic heterocycles. The highest BCUT2D eigenvalue weighted by molar-refractivity contribution is 5.82. The number of carboxylic acid groups (broad SMARTS) is 1. The SMILES string of the molecule is CCCC[C@H](NC(=O)N1CCCC(CC)C1)C(=O)O. The minimum atomic E-state index is -0.939. The van der Waals surface area contributed by atoms with Crippen molar-refractivity contribution in [2.75, 3.05) is 13.1 Å². The van der Waals surface area contributed by atoms with Crippen LogP contribution in [0.3, 0.4) is 0 Å². The molecule has 1 unspecified atom stereocenters. The molecule has 1 aliphatic heterocycles. The Bertz CT molecular complexity index is 307. The van der Waals surface area contributed by atoms with E-state index in [0.29, 0.717) is 12.3 Å². The third-order valence-electron chi connectivity index (χ3n) is 3.83. The van der Waals surface area contributed by atoms with Crippen molar-refractivity contribution in [3.05, 3.63) is 0 Å². The first-order chi connectivity index (χ1) is 9.08. The lowest BCUT2D eigenvalue weighted by atomic mass is 9.96. The Balaban J connectivity index is 2.48. The summed E-state index contributed by atoms with van der Waals surface area (Å²) in [5.74, 6) is -0.385. The maximum atomic E-state index is 12.1. The molecule has 0 radical (unpaired) electrons. The molecule has 2 atom stereocenters. The Morgan fingerprint density at radius 3 is 2.74 bits per heavy atom. The zero-order valence-corrected chi connectivity index (χ0v) is 12.0. The van der Waals surface area contributed by atoms with Gasteiger partial charge in [0.2, 0.25) is 0 Å². The number of aliphatic carboxylic acids is 1. The van der Waals surface area contributed by atoms with Crippen LogP contribution in [0.15, 0.2) is 0 Å². The number of urea groups is 1. The first kappa shape index (κ1) is 15.8. The van der Waals surface area contributed by atoms with Crippen LogP contribution in [0.2, 0.25) is 0 Å². The molecule has 0 spiro atoms. The maximum absolute atomic E-state index is 12.1. The van der Waals surface area contributed by atoms with Crippen molar-refractivity contribution in [1.82, 2.24) is 10.2 Å². The minimum Gasteiger partial charge on any atom is -0.480 e. The lowest BCUT2D eigenvalue weighted by Gasteiger charge is -2.33. The van der Waals surface area contributed by atoms with Crippen LogP contribution in [-0.2, 0) is 4.79 Å². The molecule has 5 heteroatoms. The highest BCUT2D eigenvalue weighted by Crippen LogP contribution is 2.19. The average Bonchev–Trinajstić information content (AvgIpc) is 2.42. The van der Waals surface area contributed by atoms with E-state index in [1.54, 1.807) is 4.90 Å². The van der Waals surface area contributed by atoms with Crippen LogP contribution in [0.1, 0.15) is 52.4 Å². The van der Waals surface area contributed by atoms with Crippen LogP contribution in [0.5, 0.6) is 0 Å². The highest BCUT2D eigenvalue weighted by atomic mass is 16.4. The summed E-state index contributed by atoms with van der Waals surface area (Å²) in [6, 6.07) is -0.976. The standard InChI is InChI=1S/C14H26N2O3/c1-3-5-8-12(13(17)18)15-14(19)16-9-6-7-11(4-2)10-16/h11-12H,3-10H2,1-2H3,(H,15,19)(H,17,18)/t11?,12-/m0/s1. The molecule has 1 aliphatic rings. The summed E-state index contributed by atoms with van der Waals surface area (Å²) in [5, 5.41) is 11.8. The third-order valence-corrected chi connectivity index (χ3v) is 3.83. The van der Waals surface area contributed by atoms with Crippen molar-refractivity contribution < 1.29 is 14.7 Å². The van der Waals surface area contributed by atoms with Crippen LogP contribution in [-0.4, -0.2) is 41.1 Å². The number of carbonyl (C=O) groups is 2. The second-order valence-electron chi connectivity index (χ2n) is 5.35. The molecule has 2 N–H and O–H groups in total. The van der Waals surface area contributed by atoms with E-state index < -0.39 is 12.0 Å². The molecule has 1 heterocycles. The summed E-state index contributed by atoms with van der Waals surface area (Å²) < 4.78 is 0. The summed E-state index contributed by atoms with van der Waals surface area (Å²) in [7, 11) is 0. The normalized spacial score (nSPS) is 20.9. The minimum absolute atomic E-state index is 0.221. The fraction of sp³-hybridized carbons (Fsp3) is 0.857. The predicted molar refractivity (Wildman–Crippen MR) is 74.1 cm³/mol. The summed E-state index contributed by atoms with van der Waals surface area (Å²) in [4.78, 5) is 25.0. The maximum Gasteiger partial charge on any atom is 0.326 e. The zero-order valence-electron chi connectivity index (χ0n) is 12.0. The Morgan fingerprint density at radius 2 is 2.16 bits per heavy atom. The van der Waals surface area contributed by atoms with Crippen LogP contribution in [0, 0.1) is 5.92 Å². The van der Waals surface area contributed by atoms with E-state index in [-0.39, 0.29) is 6.03 Å². The molecule has 2 amide bonds. The Morgan fingerprint density at radius 1 is 1.42 bits per heavy atom. The van der Waals surface area contributed by atoms with Gasteiger partial charge in [0.1, 0.15) is 6.04 Å². The van der Waals surface area contributed by atoms with Crippen molar-refractivity contribution in [1.29, 1.82) is 0 Å². The molecule has 0 bridgehead atoms. The largest absolute Gasteiger partial charge is 0.480 e. The Hall–Kier alpha value is -1.26. The first-order valence-electron chi connectivity index (χ1n) is 7.36. The lowest BCUT2D eigenvalue weighted by Crippen LogP contribution is -2.50. The number of rotatable bonds is 6. The van der Waals surface area contributed by atoms with Crippen LogP contribution < -0.4 is 5.32 Å². The number of nitrogens with zero attached hydrogens (tertiary/aromatic N) is 1. The summed E-state index contributed by atoms with van der Waals surface area (Å²) in [6.45, 7) is 5.63. The molecule has 110 valence electrons. The molecule has 5 nitrogen and oxygen atoms in total. The van der Waals surface area contributed by atoms with Gasteiger partial charge in [0.25, 0.3) is 0 Å². The van der Waals surface area contributed by atoms with Crippen LogP contribution >= 0.6 is 0 Å². The van der Waals surface area contributed by atoms with Crippen molar-refractivity contribution in [2.24, 2.45) is 5.92 Å². The highest BCUT2D eigenvalue weighted by Gasteiger charge is 2.26. The van der Waals surface area contributed by atoms with Crippen molar-refractivity contribution in [3.8, 4) is 0 Å². The summed E-state index contributed by atoms with van der Waals surface area (Å²) in [6.07, 6.45) is 5.50. The lowest BCUT2D eigenvalue weighted by molar-refractivity contribution is -0.139. The molecule has 0 saturated carbocycles. The molecule has 0 aromatic carbocycles. The molecular formula is C14H26N2O3. The van der Waals surface area contributed by atoms with Gasteiger partial charge in [0.05, 0.1) is 0 Å².